The Balaban J connectivity index is 2.16. The average molecular weight is 219 g/mol. The fourth-order valence-corrected chi connectivity index (χ4v) is 3.39. The molecule has 0 saturated carbocycles. The first kappa shape index (κ1) is 9.97. The second-order valence-corrected chi connectivity index (χ2v) is 5.13. The summed E-state index contributed by atoms with van der Waals surface area (Å²) in [5.41, 5.74) is 3.11. The van der Waals surface area contributed by atoms with Gasteiger partial charge >= 0.3 is 0 Å². The van der Waals surface area contributed by atoms with Gasteiger partial charge < -0.3 is 15.0 Å². The van der Waals surface area contributed by atoms with Crippen LogP contribution in [0.2, 0.25) is 0 Å². The summed E-state index contributed by atoms with van der Waals surface area (Å²) in [6.45, 7) is 3.60. The van der Waals surface area contributed by atoms with E-state index in [1.807, 2.05) is 0 Å². The Morgan fingerprint density at radius 2 is 2.31 bits per heavy atom. The molecule has 2 atom stereocenters. The van der Waals surface area contributed by atoms with Gasteiger partial charge in [0, 0.05) is 19.2 Å². The molecule has 2 heterocycles. The SMILES string of the molecule is COc1ccc2c(c1)[C@@]1(C)CC[NH2+][C@H]1N2C. The van der Waals surface area contributed by atoms with Gasteiger partial charge in [0.2, 0.25) is 0 Å². The van der Waals surface area contributed by atoms with Gasteiger partial charge in [0.15, 0.2) is 6.17 Å². The summed E-state index contributed by atoms with van der Waals surface area (Å²) in [6, 6.07) is 6.45. The summed E-state index contributed by atoms with van der Waals surface area (Å²) < 4.78 is 5.34. The number of quaternary nitrogens is 1. The van der Waals surface area contributed by atoms with E-state index in [1.54, 1.807) is 7.11 Å². The van der Waals surface area contributed by atoms with E-state index in [4.69, 9.17) is 4.74 Å². The van der Waals surface area contributed by atoms with Crippen molar-refractivity contribution in [2.24, 2.45) is 0 Å². The van der Waals surface area contributed by atoms with Crippen LogP contribution >= 0.6 is 0 Å². The highest BCUT2D eigenvalue weighted by molar-refractivity contribution is 5.65. The van der Waals surface area contributed by atoms with Crippen LogP contribution in [0.15, 0.2) is 18.2 Å². The lowest BCUT2D eigenvalue weighted by Crippen LogP contribution is -2.91. The molecule has 0 spiro atoms. The molecule has 86 valence electrons. The molecule has 3 nitrogen and oxygen atoms in total. The Morgan fingerprint density at radius 3 is 3.06 bits per heavy atom. The molecule has 0 radical (unpaired) electrons. The Morgan fingerprint density at radius 1 is 1.50 bits per heavy atom. The van der Waals surface area contributed by atoms with Crippen molar-refractivity contribution in [2.45, 2.75) is 24.9 Å². The third-order valence-electron chi connectivity index (χ3n) is 4.32. The van der Waals surface area contributed by atoms with E-state index in [9.17, 15) is 0 Å². The van der Waals surface area contributed by atoms with Crippen molar-refractivity contribution in [3.8, 4) is 5.75 Å². The molecule has 1 fully saturated rings. The maximum absolute atomic E-state index is 5.34. The van der Waals surface area contributed by atoms with E-state index < -0.39 is 0 Å². The van der Waals surface area contributed by atoms with Crippen LogP contribution in [0, 0.1) is 0 Å². The van der Waals surface area contributed by atoms with Crippen molar-refractivity contribution in [3.63, 3.8) is 0 Å². The van der Waals surface area contributed by atoms with Crippen LogP contribution in [0.25, 0.3) is 0 Å². The van der Waals surface area contributed by atoms with E-state index in [-0.39, 0.29) is 0 Å². The van der Waals surface area contributed by atoms with Crippen LogP contribution in [0.5, 0.6) is 5.75 Å². The van der Waals surface area contributed by atoms with Crippen molar-refractivity contribution in [3.05, 3.63) is 23.8 Å². The summed E-state index contributed by atoms with van der Waals surface area (Å²) in [5, 5.41) is 2.45. The summed E-state index contributed by atoms with van der Waals surface area (Å²) in [4.78, 5) is 2.40. The number of ether oxygens (including phenoxy) is 1. The predicted molar refractivity (Wildman–Crippen MR) is 63.9 cm³/mol. The Bertz CT molecular complexity index is 432. The highest BCUT2D eigenvalue weighted by Crippen LogP contribution is 2.46. The third-order valence-corrected chi connectivity index (χ3v) is 4.32. The Kier molecular flexibility index (Phi) is 1.96. The highest BCUT2D eigenvalue weighted by Gasteiger charge is 2.52. The third kappa shape index (κ3) is 1.07. The molecule has 1 saturated heterocycles. The zero-order valence-corrected chi connectivity index (χ0v) is 10.2. The van der Waals surface area contributed by atoms with Crippen LogP contribution in [0.1, 0.15) is 18.9 Å². The fraction of sp³-hybridized carbons (Fsp3) is 0.538. The monoisotopic (exact) mass is 219 g/mol. The van der Waals surface area contributed by atoms with Gasteiger partial charge in [-0.25, -0.2) is 0 Å². The van der Waals surface area contributed by atoms with E-state index >= 15 is 0 Å². The van der Waals surface area contributed by atoms with Gasteiger partial charge in [0.05, 0.1) is 19.1 Å². The molecule has 1 aromatic carbocycles. The zero-order valence-electron chi connectivity index (χ0n) is 10.2. The van der Waals surface area contributed by atoms with Gasteiger partial charge in [0.1, 0.15) is 5.75 Å². The molecule has 0 aromatic heterocycles. The second-order valence-electron chi connectivity index (χ2n) is 5.13. The average Bonchev–Trinajstić information content (AvgIpc) is 2.78. The molecule has 3 heteroatoms. The lowest BCUT2D eigenvalue weighted by molar-refractivity contribution is -0.671. The van der Waals surface area contributed by atoms with Crippen LogP contribution in [-0.4, -0.2) is 26.9 Å². The molecule has 0 amide bonds. The minimum Gasteiger partial charge on any atom is -0.497 e. The first-order valence-electron chi connectivity index (χ1n) is 5.91. The van der Waals surface area contributed by atoms with Gasteiger partial charge in [-0.05, 0) is 30.7 Å². The zero-order chi connectivity index (χ0) is 11.3. The van der Waals surface area contributed by atoms with Gasteiger partial charge in [-0.1, -0.05) is 0 Å². The number of methoxy groups -OCH3 is 1. The van der Waals surface area contributed by atoms with Crippen molar-refractivity contribution in [2.75, 3.05) is 25.6 Å². The van der Waals surface area contributed by atoms with E-state index in [0.717, 1.165) is 5.75 Å². The summed E-state index contributed by atoms with van der Waals surface area (Å²) >= 11 is 0. The predicted octanol–water partition coefficient (Wildman–Crippen LogP) is 0.696. The number of anilines is 1. The molecule has 2 aliphatic heterocycles. The van der Waals surface area contributed by atoms with Gasteiger partial charge in [0.25, 0.3) is 0 Å². The van der Waals surface area contributed by atoms with E-state index in [2.05, 4.69) is 42.4 Å². The molecule has 1 aromatic rings. The van der Waals surface area contributed by atoms with Crippen LogP contribution in [0.3, 0.4) is 0 Å². The molecule has 3 rings (SSSR count). The molecular weight excluding hydrogens is 200 g/mol. The van der Waals surface area contributed by atoms with Crippen LogP contribution < -0.4 is 15.0 Å². The standard InChI is InChI=1S/C13H18N2O/c1-13-6-7-14-12(13)15(2)11-5-4-9(16-3)8-10(11)13/h4-5,8,12,14H,6-7H2,1-3H3/p+1/t12-,13+/m0/s1. The molecule has 2 aliphatic rings. The number of benzene rings is 1. The van der Waals surface area contributed by atoms with E-state index in [1.165, 1.54) is 24.2 Å². The number of nitrogens with two attached hydrogens (primary N) is 1. The Hall–Kier alpha value is -1.22. The number of fused-ring (bicyclic) bond motifs is 3. The molecule has 0 bridgehead atoms. The van der Waals surface area contributed by atoms with E-state index in [0.29, 0.717) is 11.6 Å². The number of hydrogen-bond acceptors (Lipinski definition) is 2. The number of likely N-dealkylation sites (N-methyl/N-ethyl adjacent to an activating group) is 1. The maximum Gasteiger partial charge on any atom is 0.171 e. The molecule has 0 unspecified atom stereocenters. The quantitative estimate of drug-likeness (QED) is 0.753. The number of rotatable bonds is 1. The first-order chi connectivity index (χ1) is 7.66. The van der Waals surface area contributed by atoms with Crippen molar-refractivity contribution in [1.82, 2.24) is 0 Å². The maximum atomic E-state index is 5.34. The normalized spacial score (nSPS) is 31.4. The summed E-state index contributed by atoms with van der Waals surface area (Å²) in [5.74, 6) is 0.973. The first-order valence-corrected chi connectivity index (χ1v) is 5.91. The lowest BCUT2D eigenvalue weighted by Gasteiger charge is -2.23. The fourth-order valence-electron chi connectivity index (χ4n) is 3.39. The number of nitrogens with zero attached hydrogens (tertiary/aromatic N) is 1. The molecule has 0 aliphatic carbocycles. The van der Waals surface area contributed by atoms with Gasteiger partial charge in [-0.2, -0.15) is 0 Å². The summed E-state index contributed by atoms with van der Waals surface area (Å²) in [6.07, 6.45) is 1.82. The second kappa shape index (κ2) is 3.14. The number of hydrogen-bond donors (Lipinski definition) is 1. The van der Waals surface area contributed by atoms with Gasteiger partial charge in [-0.15, -0.1) is 0 Å². The molecule has 2 N–H and O–H groups in total. The Labute approximate surface area is 96.4 Å². The summed E-state index contributed by atoms with van der Waals surface area (Å²) in [7, 11) is 3.93. The van der Waals surface area contributed by atoms with Crippen LogP contribution in [0.4, 0.5) is 5.69 Å². The lowest BCUT2D eigenvalue weighted by atomic mass is 9.81. The molecule has 16 heavy (non-hydrogen) atoms. The minimum atomic E-state index is 0.290. The van der Waals surface area contributed by atoms with Crippen molar-refractivity contribution >= 4 is 5.69 Å². The highest BCUT2D eigenvalue weighted by atomic mass is 16.5. The molecular formula is C13H19N2O+. The largest absolute Gasteiger partial charge is 0.497 e. The minimum absolute atomic E-state index is 0.290. The smallest absolute Gasteiger partial charge is 0.171 e. The van der Waals surface area contributed by atoms with Crippen LogP contribution in [-0.2, 0) is 5.41 Å². The van der Waals surface area contributed by atoms with Crippen molar-refractivity contribution < 1.29 is 10.1 Å². The van der Waals surface area contributed by atoms with Gasteiger partial charge in [-0.3, -0.25) is 0 Å². The van der Waals surface area contributed by atoms with Crippen molar-refractivity contribution in [1.29, 1.82) is 0 Å². The topological polar surface area (TPSA) is 29.1 Å².